The molecule has 0 aliphatic rings. The number of amides is 1. The minimum Gasteiger partial charge on any atom is -0.339 e. The number of nitrogens with zero attached hydrogens (tertiary/aromatic N) is 2. The van der Waals surface area contributed by atoms with Crippen LogP contribution in [0.1, 0.15) is 23.6 Å². The zero-order chi connectivity index (χ0) is 17.8. The van der Waals surface area contributed by atoms with Gasteiger partial charge in [-0.25, -0.2) is 0 Å². The lowest BCUT2D eigenvalue weighted by Crippen LogP contribution is -2.12. The van der Waals surface area contributed by atoms with Crippen molar-refractivity contribution in [2.45, 2.75) is 26.7 Å². The lowest BCUT2D eigenvalue weighted by molar-refractivity contribution is -0.116. The molecule has 7 nitrogen and oxygen atoms in total. The third-order valence-electron chi connectivity index (χ3n) is 3.63. The smallest absolute Gasteiger partial charge is 0.259 e. The van der Waals surface area contributed by atoms with Gasteiger partial charge in [-0.05, 0) is 43.7 Å². The second-order valence-corrected chi connectivity index (χ2v) is 5.81. The predicted octanol–water partition coefficient (Wildman–Crippen LogP) is 2.61. The Bertz CT molecular complexity index is 959. The van der Waals surface area contributed by atoms with Gasteiger partial charge in [0.05, 0.1) is 5.56 Å². The first-order chi connectivity index (χ1) is 12.0. The maximum atomic E-state index is 12.0. The Hall–Kier alpha value is -3.22. The summed E-state index contributed by atoms with van der Waals surface area (Å²) in [5.74, 6) is 0.392. The van der Waals surface area contributed by atoms with Gasteiger partial charge in [-0.15, -0.1) is 0 Å². The van der Waals surface area contributed by atoms with Gasteiger partial charge in [0.15, 0.2) is 0 Å². The minimum atomic E-state index is -0.274. The van der Waals surface area contributed by atoms with Crippen LogP contribution in [0, 0.1) is 13.8 Å². The number of nitrogens with one attached hydrogen (secondary N) is 2. The second kappa shape index (κ2) is 7.12. The molecule has 3 aromatic rings. The Balaban J connectivity index is 1.62. The number of hydrogen-bond donors (Lipinski definition) is 2. The summed E-state index contributed by atoms with van der Waals surface area (Å²) in [4.78, 5) is 30.8. The van der Waals surface area contributed by atoms with Crippen LogP contribution in [0.4, 0.5) is 5.69 Å². The maximum Gasteiger partial charge on any atom is 0.259 e. The molecule has 2 aromatic heterocycles. The summed E-state index contributed by atoms with van der Waals surface area (Å²) in [6, 6.07) is 11.0. The topological polar surface area (TPSA) is 101 Å². The van der Waals surface area contributed by atoms with Crippen molar-refractivity contribution in [2.24, 2.45) is 0 Å². The van der Waals surface area contributed by atoms with Crippen LogP contribution in [0.15, 0.2) is 45.7 Å². The quantitative estimate of drug-likeness (QED) is 0.745. The van der Waals surface area contributed by atoms with Crippen molar-refractivity contribution in [3.8, 4) is 11.4 Å². The number of aromatic amines is 1. The summed E-state index contributed by atoms with van der Waals surface area (Å²) in [5.41, 5.74) is 2.64. The average molecular weight is 338 g/mol. The van der Waals surface area contributed by atoms with E-state index in [0.717, 1.165) is 16.9 Å². The molecule has 3 rings (SSSR count). The predicted molar refractivity (Wildman–Crippen MR) is 93.2 cm³/mol. The molecule has 2 heterocycles. The highest BCUT2D eigenvalue weighted by Gasteiger charge is 2.13. The van der Waals surface area contributed by atoms with Crippen molar-refractivity contribution in [1.29, 1.82) is 0 Å². The van der Waals surface area contributed by atoms with Crippen molar-refractivity contribution < 1.29 is 9.32 Å². The summed E-state index contributed by atoms with van der Waals surface area (Å²) in [6.45, 7) is 3.75. The highest BCUT2D eigenvalue weighted by Crippen LogP contribution is 2.13. The Kier molecular flexibility index (Phi) is 4.74. The van der Waals surface area contributed by atoms with Gasteiger partial charge < -0.3 is 14.8 Å². The molecule has 7 heteroatoms. The highest BCUT2D eigenvalue weighted by molar-refractivity contribution is 5.90. The Morgan fingerprint density at radius 3 is 2.84 bits per heavy atom. The number of benzene rings is 1. The van der Waals surface area contributed by atoms with Crippen LogP contribution >= 0.6 is 0 Å². The lowest BCUT2D eigenvalue weighted by Gasteiger charge is -2.04. The number of rotatable bonds is 5. The standard InChI is InChI=1S/C18H18N4O3/c1-11-4-3-5-13(10-11)20-15(23)8-9-16-21-17(22-25-16)14-7-6-12(2)19-18(14)24/h3-7,10H,8-9H2,1-2H3,(H,19,24)(H,20,23). The Labute approximate surface area is 144 Å². The minimum absolute atomic E-state index is 0.140. The van der Waals surface area contributed by atoms with Gasteiger partial charge in [0.1, 0.15) is 0 Å². The molecule has 0 atom stereocenters. The summed E-state index contributed by atoms with van der Waals surface area (Å²) in [7, 11) is 0. The first kappa shape index (κ1) is 16.6. The molecular formula is C18H18N4O3. The van der Waals surface area contributed by atoms with Crippen LogP contribution in [0.3, 0.4) is 0 Å². The van der Waals surface area contributed by atoms with Crippen molar-refractivity contribution in [3.05, 3.63) is 63.9 Å². The van der Waals surface area contributed by atoms with Crippen LogP contribution < -0.4 is 10.9 Å². The Morgan fingerprint density at radius 2 is 2.08 bits per heavy atom. The van der Waals surface area contributed by atoms with Crippen LogP contribution in [-0.4, -0.2) is 21.0 Å². The largest absolute Gasteiger partial charge is 0.339 e. The van der Waals surface area contributed by atoms with E-state index in [1.54, 1.807) is 19.1 Å². The van der Waals surface area contributed by atoms with E-state index in [0.29, 0.717) is 17.9 Å². The number of hydrogen-bond acceptors (Lipinski definition) is 5. The molecule has 0 unspecified atom stereocenters. The molecule has 128 valence electrons. The third-order valence-corrected chi connectivity index (χ3v) is 3.63. The number of carbonyl (C=O) groups excluding carboxylic acids is 1. The van der Waals surface area contributed by atoms with E-state index < -0.39 is 0 Å². The molecule has 25 heavy (non-hydrogen) atoms. The number of pyridine rings is 1. The van der Waals surface area contributed by atoms with Gasteiger partial charge in [0, 0.05) is 24.2 Å². The van der Waals surface area contributed by atoms with Crippen molar-refractivity contribution in [2.75, 3.05) is 5.32 Å². The van der Waals surface area contributed by atoms with E-state index in [9.17, 15) is 9.59 Å². The highest BCUT2D eigenvalue weighted by atomic mass is 16.5. The molecule has 0 saturated heterocycles. The van der Waals surface area contributed by atoms with Crippen LogP contribution in [0.2, 0.25) is 0 Å². The summed E-state index contributed by atoms with van der Waals surface area (Å²) in [6.07, 6.45) is 0.508. The Morgan fingerprint density at radius 1 is 1.24 bits per heavy atom. The number of anilines is 1. The number of aryl methyl sites for hydroxylation is 3. The van der Waals surface area contributed by atoms with E-state index >= 15 is 0 Å². The molecule has 0 radical (unpaired) electrons. The fourth-order valence-electron chi connectivity index (χ4n) is 2.38. The van der Waals surface area contributed by atoms with Crippen LogP contribution in [0.25, 0.3) is 11.4 Å². The van der Waals surface area contributed by atoms with E-state index in [2.05, 4.69) is 20.4 Å². The van der Waals surface area contributed by atoms with Crippen LogP contribution in [0.5, 0.6) is 0 Å². The molecule has 0 aliphatic carbocycles. The van der Waals surface area contributed by atoms with Gasteiger partial charge in [-0.3, -0.25) is 9.59 Å². The van der Waals surface area contributed by atoms with Crippen molar-refractivity contribution in [3.63, 3.8) is 0 Å². The third kappa shape index (κ3) is 4.20. The second-order valence-electron chi connectivity index (χ2n) is 5.81. The van der Waals surface area contributed by atoms with Crippen LogP contribution in [-0.2, 0) is 11.2 Å². The van der Waals surface area contributed by atoms with E-state index in [-0.39, 0.29) is 23.7 Å². The van der Waals surface area contributed by atoms with Crippen molar-refractivity contribution in [1.82, 2.24) is 15.1 Å². The number of aromatic nitrogens is 3. The van der Waals surface area contributed by atoms with Gasteiger partial charge in [0.25, 0.3) is 5.56 Å². The molecule has 0 fully saturated rings. The monoisotopic (exact) mass is 338 g/mol. The van der Waals surface area contributed by atoms with Gasteiger partial charge in [0.2, 0.25) is 17.6 Å². The molecule has 0 aliphatic heterocycles. The molecule has 0 saturated carbocycles. The average Bonchev–Trinajstić information content (AvgIpc) is 3.01. The number of carbonyl (C=O) groups is 1. The zero-order valence-corrected chi connectivity index (χ0v) is 14.0. The summed E-state index contributed by atoms with van der Waals surface area (Å²) in [5, 5.41) is 6.64. The summed E-state index contributed by atoms with van der Waals surface area (Å²) < 4.78 is 5.13. The molecule has 0 bridgehead atoms. The lowest BCUT2D eigenvalue weighted by atomic mass is 10.2. The zero-order valence-electron chi connectivity index (χ0n) is 14.0. The van der Waals surface area contributed by atoms with E-state index in [4.69, 9.17) is 4.52 Å². The van der Waals surface area contributed by atoms with E-state index in [1.807, 2.05) is 31.2 Å². The molecular weight excluding hydrogens is 320 g/mol. The molecule has 1 aromatic carbocycles. The molecule has 0 spiro atoms. The fraction of sp³-hybridized carbons (Fsp3) is 0.222. The SMILES string of the molecule is Cc1cccc(NC(=O)CCc2nc(-c3ccc(C)[nH]c3=O)no2)c1. The summed E-state index contributed by atoms with van der Waals surface area (Å²) >= 11 is 0. The van der Waals surface area contributed by atoms with Gasteiger partial charge in [-0.2, -0.15) is 4.98 Å². The first-order valence-electron chi connectivity index (χ1n) is 7.90. The van der Waals surface area contributed by atoms with Gasteiger partial charge in [-0.1, -0.05) is 17.3 Å². The fourth-order valence-corrected chi connectivity index (χ4v) is 2.38. The molecule has 1 amide bonds. The molecule has 2 N–H and O–H groups in total. The normalized spacial score (nSPS) is 10.6. The number of H-pyrrole nitrogens is 1. The van der Waals surface area contributed by atoms with Crippen molar-refractivity contribution >= 4 is 11.6 Å². The van der Waals surface area contributed by atoms with E-state index in [1.165, 1.54) is 0 Å². The van der Waals surface area contributed by atoms with Gasteiger partial charge >= 0.3 is 0 Å². The first-order valence-corrected chi connectivity index (χ1v) is 7.90. The maximum absolute atomic E-state index is 12.0.